The molecule has 0 saturated carbocycles. The number of ether oxygens (including phenoxy) is 1. The van der Waals surface area contributed by atoms with Gasteiger partial charge in [-0.3, -0.25) is 0 Å². The molecule has 2 N–H and O–H groups in total. The molecule has 0 aliphatic rings. The van der Waals surface area contributed by atoms with Crippen LogP contribution in [0, 0.1) is 0 Å². The summed E-state index contributed by atoms with van der Waals surface area (Å²) in [6.45, 7) is 0.343. The highest BCUT2D eigenvalue weighted by molar-refractivity contribution is 6.33. The number of pyridine rings is 1. The highest BCUT2D eigenvalue weighted by Gasteiger charge is 2.11. The van der Waals surface area contributed by atoms with Gasteiger partial charge in [0.25, 0.3) is 0 Å². The highest BCUT2D eigenvalue weighted by Crippen LogP contribution is 2.15. The van der Waals surface area contributed by atoms with Crippen LogP contribution in [0.2, 0.25) is 0 Å². The second-order valence-corrected chi connectivity index (χ2v) is 3.48. The Hall–Kier alpha value is -2.05. The van der Waals surface area contributed by atoms with Gasteiger partial charge in [0.2, 0.25) is 5.88 Å². The summed E-state index contributed by atoms with van der Waals surface area (Å²) >= 11 is 0. The predicted molar refractivity (Wildman–Crippen MR) is 65.8 cm³/mol. The second-order valence-electron chi connectivity index (χ2n) is 3.48. The molecule has 0 spiro atoms. The number of benzene rings is 1. The van der Waals surface area contributed by atoms with Crippen LogP contribution >= 0.6 is 0 Å². The maximum absolute atomic E-state index is 8.64. The van der Waals surface area contributed by atoms with Crippen molar-refractivity contribution in [2.24, 2.45) is 0 Å². The fourth-order valence-electron chi connectivity index (χ4n) is 1.32. The SMILES string of the molecule is [2H]c1nc(OCc2ccccc2)ccc1OB(O)O. The van der Waals surface area contributed by atoms with E-state index in [-0.39, 0.29) is 17.8 Å². The minimum atomic E-state index is -1.97. The highest BCUT2D eigenvalue weighted by atomic mass is 16.6. The van der Waals surface area contributed by atoms with Gasteiger partial charge in [0, 0.05) is 6.07 Å². The Morgan fingerprint density at radius 3 is 2.61 bits per heavy atom. The number of hydrogen-bond donors (Lipinski definition) is 2. The summed E-state index contributed by atoms with van der Waals surface area (Å²) in [4.78, 5) is 3.84. The van der Waals surface area contributed by atoms with Gasteiger partial charge in [0.05, 0.1) is 7.54 Å². The third-order valence-corrected chi connectivity index (χ3v) is 2.12. The molecule has 0 amide bonds. The zero-order valence-corrected chi connectivity index (χ0v) is 9.48. The summed E-state index contributed by atoms with van der Waals surface area (Å²) in [5, 5.41) is 17.3. The van der Waals surface area contributed by atoms with Gasteiger partial charge >= 0.3 is 7.32 Å². The van der Waals surface area contributed by atoms with Gasteiger partial charge in [-0.05, 0) is 11.6 Å². The largest absolute Gasteiger partial charge is 0.707 e. The Kier molecular flexibility index (Phi) is 3.72. The summed E-state index contributed by atoms with van der Waals surface area (Å²) in [6, 6.07) is 12.5. The normalized spacial score (nSPS) is 10.7. The van der Waals surface area contributed by atoms with Crippen molar-refractivity contribution in [3.8, 4) is 11.6 Å². The van der Waals surface area contributed by atoms with E-state index in [0.717, 1.165) is 5.56 Å². The summed E-state index contributed by atoms with van der Waals surface area (Å²) < 4.78 is 17.5. The molecule has 0 atom stereocenters. The minimum Gasteiger partial charge on any atom is -0.511 e. The lowest BCUT2D eigenvalue weighted by Gasteiger charge is -2.07. The average molecular weight is 246 g/mol. The smallest absolute Gasteiger partial charge is 0.511 e. The van der Waals surface area contributed by atoms with Crippen LogP contribution in [0.25, 0.3) is 0 Å². The molecular formula is C12H12BNO4. The molecule has 1 aromatic carbocycles. The molecule has 0 aliphatic heterocycles. The van der Waals surface area contributed by atoms with Gasteiger partial charge in [-0.25, -0.2) is 4.98 Å². The first-order chi connectivity index (χ1) is 9.15. The van der Waals surface area contributed by atoms with Crippen LogP contribution in [-0.2, 0) is 6.61 Å². The first kappa shape index (κ1) is 11.1. The number of nitrogens with zero attached hydrogens (tertiary/aromatic N) is 1. The standard InChI is InChI=1S/C12H12BNO4/c15-13(16)18-11-6-7-12(14-8-11)17-9-10-4-2-1-3-5-10/h1-8,15-16H,9H2/i8D. The fourth-order valence-corrected chi connectivity index (χ4v) is 1.32. The summed E-state index contributed by atoms with van der Waals surface area (Å²) in [5.74, 6) is 0.246. The molecule has 0 saturated heterocycles. The lowest BCUT2D eigenvalue weighted by Crippen LogP contribution is -2.20. The zero-order valence-electron chi connectivity index (χ0n) is 10.5. The predicted octanol–water partition coefficient (Wildman–Crippen LogP) is 1.01. The second kappa shape index (κ2) is 6.04. The molecule has 1 heterocycles. The van der Waals surface area contributed by atoms with Gasteiger partial charge in [-0.15, -0.1) is 0 Å². The zero-order chi connectivity index (χ0) is 13.7. The quantitative estimate of drug-likeness (QED) is 0.770. The van der Waals surface area contributed by atoms with Crippen LogP contribution in [-0.4, -0.2) is 22.4 Å². The molecule has 92 valence electrons. The Bertz CT molecular complexity index is 539. The number of hydrogen-bond acceptors (Lipinski definition) is 5. The van der Waals surface area contributed by atoms with Crippen molar-refractivity contribution in [2.75, 3.05) is 0 Å². The summed E-state index contributed by atoms with van der Waals surface area (Å²) in [5.41, 5.74) is 0.988. The third-order valence-electron chi connectivity index (χ3n) is 2.12. The Morgan fingerprint density at radius 2 is 1.94 bits per heavy atom. The lowest BCUT2D eigenvalue weighted by molar-refractivity contribution is 0.282. The van der Waals surface area contributed by atoms with Crippen molar-refractivity contribution in [3.63, 3.8) is 0 Å². The van der Waals surface area contributed by atoms with E-state index in [9.17, 15) is 0 Å². The molecule has 18 heavy (non-hydrogen) atoms. The maximum Gasteiger partial charge on any atom is 0.707 e. The van der Waals surface area contributed by atoms with Crippen molar-refractivity contribution in [1.29, 1.82) is 0 Å². The molecule has 0 fully saturated rings. The van der Waals surface area contributed by atoms with Crippen molar-refractivity contribution in [1.82, 2.24) is 4.98 Å². The molecular weight excluding hydrogens is 233 g/mol. The van der Waals surface area contributed by atoms with E-state index < -0.39 is 7.32 Å². The van der Waals surface area contributed by atoms with Crippen molar-refractivity contribution in [2.45, 2.75) is 6.61 Å². The van der Waals surface area contributed by atoms with E-state index in [4.69, 9.17) is 16.2 Å². The monoisotopic (exact) mass is 246 g/mol. The maximum atomic E-state index is 8.64. The van der Waals surface area contributed by atoms with Crippen LogP contribution < -0.4 is 9.39 Å². The van der Waals surface area contributed by atoms with Gasteiger partial charge in [-0.2, -0.15) is 0 Å². The van der Waals surface area contributed by atoms with Crippen LogP contribution in [0.3, 0.4) is 0 Å². The molecule has 1 aromatic heterocycles. The van der Waals surface area contributed by atoms with Crippen LogP contribution in [0.4, 0.5) is 0 Å². The fraction of sp³-hybridized carbons (Fsp3) is 0.0833. The molecule has 6 heteroatoms. The third kappa shape index (κ3) is 3.76. The van der Waals surface area contributed by atoms with Crippen molar-refractivity contribution in [3.05, 3.63) is 54.2 Å². The first-order valence-electron chi connectivity index (χ1n) is 5.82. The Labute approximate surface area is 106 Å². The van der Waals surface area contributed by atoms with Crippen molar-refractivity contribution < 1.29 is 20.8 Å². The summed E-state index contributed by atoms with van der Waals surface area (Å²) in [7, 11) is -1.97. The van der Waals surface area contributed by atoms with E-state index in [1.807, 2.05) is 30.3 Å². The molecule has 0 aliphatic carbocycles. The van der Waals surface area contributed by atoms with Gasteiger partial charge in [0.15, 0.2) is 0 Å². The van der Waals surface area contributed by atoms with Crippen molar-refractivity contribution >= 4 is 7.32 Å². The van der Waals surface area contributed by atoms with Crippen LogP contribution in [0.1, 0.15) is 6.93 Å². The van der Waals surface area contributed by atoms with E-state index >= 15 is 0 Å². The first-order valence-corrected chi connectivity index (χ1v) is 5.32. The topological polar surface area (TPSA) is 71.8 Å². The van der Waals surface area contributed by atoms with E-state index in [2.05, 4.69) is 9.64 Å². The Morgan fingerprint density at radius 1 is 1.17 bits per heavy atom. The molecule has 0 bridgehead atoms. The number of aromatic nitrogens is 1. The lowest BCUT2D eigenvalue weighted by atomic mass is 10.2. The van der Waals surface area contributed by atoms with E-state index in [1.165, 1.54) is 12.1 Å². The van der Waals surface area contributed by atoms with E-state index in [1.54, 1.807) is 0 Å². The van der Waals surface area contributed by atoms with Gasteiger partial charge < -0.3 is 19.4 Å². The van der Waals surface area contributed by atoms with Crippen LogP contribution in [0.15, 0.2) is 48.6 Å². The molecule has 0 radical (unpaired) electrons. The van der Waals surface area contributed by atoms with Gasteiger partial charge in [0.1, 0.15) is 12.4 Å². The number of rotatable bonds is 5. The molecule has 0 unspecified atom stereocenters. The van der Waals surface area contributed by atoms with E-state index in [0.29, 0.717) is 6.61 Å². The average Bonchev–Trinajstić information content (AvgIpc) is 2.40. The van der Waals surface area contributed by atoms with Crippen LogP contribution in [0.5, 0.6) is 11.6 Å². The van der Waals surface area contributed by atoms with Gasteiger partial charge in [-0.1, -0.05) is 30.3 Å². The Balaban J connectivity index is 2.00. The molecule has 2 aromatic rings. The summed E-state index contributed by atoms with van der Waals surface area (Å²) in [6.07, 6.45) is -0.223. The molecule has 2 rings (SSSR count). The molecule has 5 nitrogen and oxygen atoms in total. The minimum absolute atomic E-state index is 0.0259.